The lowest BCUT2D eigenvalue weighted by molar-refractivity contribution is -0.217. The zero-order chi connectivity index (χ0) is 25.1. The monoisotopic (exact) mass is 468 g/mol. The minimum atomic E-state index is -2.25. The molecule has 3 N–H and O–H groups in total. The summed E-state index contributed by atoms with van der Waals surface area (Å²) >= 11 is 0. The van der Waals surface area contributed by atoms with Gasteiger partial charge in [-0.1, -0.05) is 19.1 Å². The molecule has 3 aliphatic rings. The number of hydrogen-bond acceptors (Lipinski definition) is 9. The lowest BCUT2D eigenvalue weighted by atomic mass is 9.76. The first-order chi connectivity index (χ1) is 16.0. The third-order valence-corrected chi connectivity index (χ3v) is 6.15. The molecule has 0 fully saturated rings. The van der Waals surface area contributed by atoms with E-state index < -0.39 is 63.0 Å². The maximum atomic E-state index is 13.5. The fourth-order valence-electron chi connectivity index (χ4n) is 4.68. The number of rotatable bonds is 3. The van der Waals surface area contributed by atoms with Crippen LogP contribution >= 0.6 is 0 Å². The van der Waals surface area contributed by atoms with E-state index in [4.69, 9.17) is 9.47 Å². The Kier molecular flexibility index (Phi) is 5.36. The summed E-state index contributed by atoms with van der Waals surface area (Å²) in [4.78, 5) is 53.9. The van der Waals surface area contributed by atoms with Gasteiger partial charge in [-0.3, -0.25) is 19.2 Å². The van der Waals surface area contributed by atoms with Crippen LogP contribution in [0.5, 0.6) is 5.75 Å². The normalized spacial score (nSPS) is 24.0. The van der Waals surface area contributed by atoms with E-state index in [2.05, 4.69) is 4.79 Å². The number of phenols is 1. The second kappa shape index (κ2) is 7.84. The number of nitrogens with zero attached hydrogens (tertiary/aromatic N) is 2. The summed E-state index contributed by atoms with van der Waals surface area (Å²) in [5, 5.41) is 30.9. The van der Waals surface area contributed by atoms with Crippen molar-refractivity contribution in [2.75, 3.05) is 0 Å². The lowest BCUT2D eigenvalue weighted by Gasteiger charge is -2.43. The van der Waals surface area contributed by atoms with Gasteiger partial charge in [0.25, 0.3) is 0 Å². The number of hydrogen-bond donors (Lipinski definition) is 3. The minimum Gasteiger partial charge on any atom is -0.507 e. The number of aliphatic hydroxyl groups is 2. The van der Waals surface area contributed by atoms with Crippen molar-refractivity contribution in [1.29, 1.82) is 0 Å². The Morgan fingerprint density at radius 1 is 1.15 bits per heavy atom. The molecule has 1 aromatic rings. The van der Waals surface area contributed by atoms with E-state index in [9.17, 15) is 40.0 Å². The number of phenolic OH excluding ortho intramolecular Hbond substituents is 1. The van der Waals surface area contributed by atoms with E-state index in [0.717, 1.165) is 13.8 Å². The van der Waals surface area contributed by atoms with Crippen LogP contribution in [0.25, 0.3) is 16.3 Å². The number of esters is 2. The van der Waals surface area contributed by atoms with E-state index in [0.29, 0.717) is 0 Å². The van der Waals surface area contributed by atoms with Crippen LogP contribution in [-0.2, 0) is 19.1 Å². The van der Waals surface area contributed by atoms with Crippen molar-refractivity contribution in [3.8, 4) is 5.75 Å². The van der Waals surface area contributed by atoms with Crippen LogP contribution in [0.4, 0.5) is 0 Å². The fourth-order valence-corrected chi connectivity index (χ4v) is 4.68. The van der Waals surface area contributed by atoms with Gasteiger partial charge in [0.1, 0.15) is 22.7 Å². The maximum absolute atomic E-state index is 13.5. The summed E-state index contributed by atoms with van der Waals surface area (Å²) in [7, 11) is 0. The summed E-state index contributed by atoms with van der Waals surface area (Å²) in [6.07, 6.45) is -5.37. The second-order valence-electron chi connectivity index (χ2n) is 8.31. The Balaban J connectivity index is 2.28. The lowest BCUT2D eigenvalue weighted by Crippen LogP contribution is -2.55. The second-order valence-corrected chi connectivity index (χ2v) is 8.31. The number of carbonyl (C=O) groups excluding carboxylic acids is 2. The van der Waals surface area contributed by atoms with Crippen LogP contribution in [0.2, 0.25) is 0 Å². The van der Waals surface area contributed by atoms with Crippen molar-refractivity contribution in [2.24, 2.45) is 0 Å². The highest BCUT2D eigenvalue weighted by Crippen LogP contribution is 2.46. The number of benzene rings is 1. The molecule has 11 heteroatoms. The van der Waals surface area contributed by atoms with Crippen LogP contribution < -0.4 is 16.2 Å². The molecule has 3 aliphatic carbocycles. The van der Waals surface area contributed by atoms with Crippen molar-refractivity contribution in [3.05, 3.63) is 71.1 Å². The fraction of sp³-hybridized carbons (Fsp3) is 0.348. The molecule has 0 saturated heterocycles. The first-order valence-corrected chi connectivity index (χ1v) is 10.4. The van der Waals surface area contributed by atoms with Gasteiger partial charge in [-0.05, 0) is 13.0 Å². The molecule has 34 heavy (non-hydrogen) atoms. The van der Waals surface area contributed by atoms with Crippen molar-refractivity contribution >= 4 is 22.7 Å². The smallest absolute Gasteiger partial charge is 0.334 e. The Hall–Kier alpha value is -3.92. The third kappa shape index (κ3) is 3.06. The van der Waals surface area contributed by atoms with Crippen LogP contribution in [0.1, 0.15) is 50.5 Å². The van der Waals surface area contributed by atoms with Gasteiger partial charge >= 0.3 is 17.3 Å². The van der Waals surface area contributed by atoms with Gasteiger partial charge in [-0.25, -0.2) is 0 Å². The van der Waals surface area contributed by atoms with Gasteiger partial charge < -0.3 is 30.3 Å². The molecule has 0 spiro atoms. The molecule has 0 radical (unpaired) electrons. The molecule has 0 heterocycles. The van der Waals surface area contributed by atoms with Crippen molar-refractivity contribution < 1.29 is 39.2 Å². The first kappa shape index (κ1) is 23.2. The topological polar surface area (TPSA) is 184 Å². The predicted octanol–water partition coefficient (Wildman–Crippen LogP) is -0.279. The standard InChI is InChI=1S/C23H20N2O9/c1-4-11(28)34-21-16-14(20(31)22(23(21,3)32)33-8(2)26)13-15(17(16)25-24)19(30)12-9(18(13)29)6-5-7-10(12)27/h5-7,20-22,27,31-32H,4H2,1-3H3. The molecule has 0 aromatic heterocycles. The Labute approximate surface area is 190 Å². The third-order valence-electron chi connectivity index (χ3n) is 6.15. The average molecular weight is 468 g/mol. The molecule has 0 aliphatic heterocycles. The number of fused-ring (bicyclic) bond motifs is 3. The molecule has 0 saturated carbocycles. The molecule has 4 rings (SSSR count). The molecule has 1 aromatic carbocycles. The number of aliphatic hydroxyl groups excluding tert-OH is 1. The van der Waals surface area contributed by atoms with E-state index in [1.165, 1.54) is 25.1 Å². The van der Waals surface area contributed by atoms with Crippen LogP contribution in [0, 0.1) is 10.4 Å². The van der Waals surface area contributed by atoms with Gasteiger partial charge in [0.15, 0.2) is 17.6 Å². The summed E-state index contributed by atoms with van der Waals surface area (Å²) in [5.41, 5.74) is 5.39. The minimum absolute atomic E-state index is 0.119. The zero-order valence-corrected chi connectivity index (χ0v) is 18.4. The highest BCUT2D eigenvalue weighted by Gasteiger charge is 2.57. The number of carbonyl (C=O) groups is 2. The van der Waals surface area contributed by atoms with Gasteiger partial charge in [0.05, 0.1) is 10.9 Å². The van der Waals surface area contributed by atoms with Crippen LogP contribution in [-0.4, -0.2) is 43.8 Å². The summed E-state index contributed by atoms with van der Waals surface area (Å²) < 4.78 is 10.5. The molecule has 11 nitrogen and oxygen atoms in total. The van der Waals surface area contributed by atoms with Gasteiger partial charge in [0, 0.05) is 29.5 Å². The van der Waals surface area contributed by atoms with E-state index in [1.54, 1.807) is 0 Å². The maximum Gasteiger partial charge on any atom is 0.334 e. The van der Waals surface area contributed by atoms with Crippen molar-refractivity contribution in [1.82, 2.24) is 0 Å². The number of ether oxygens (including phenoxy) is 2. The molecule has 0 bridgehead atoms. The average Bonchev–Trinajstić information content (AvgIpc) is 3.13. The Morgan fingerprint density at radius 2 is 1.82 bits per heavy atom. The molecule has 0 amide bonds. The van der Waals surface area contributed by atoms with E-state index in [1.807, 2.05) is 0 Å². The van der Waals surface area contributed by atoms with Crippen molar-refractivity contribution in [3.63, 3.8) is 0 Å². The van der Waals surface area contributed by atoms with Crippen LogP contribution in [0.3, 0.4) is 0 Å². The molecule has 176 valence electrons. The summed E-state index contributed by atoms with van der Waals surface area (Å²) in [5.74, 6) is -2.15. The highest BCUT2D eigenvalue weighted by molar-refractivity contribution is 5.88. The summed E-state index contributed by atoms with van der Waals surface area (Å²) in [6, 6.07) is 3.86. The van der Waals surface area contributed by atoms with Gasteiger partial charge in [-0.2, -0.15) is 4.79 Å². The highest BCUT2D eigenvalue weighted by atomic mass is 16.6. The largest absolute Gasteiger partial charge is 0.507 e. The molecule has 4 atom stereocenters. The van der Waals surface area contributed by atoms with Crippen molar-refractivity contribution in [2.45, 2.75) is 51.1 Å². The van der Waals surface area contributed by atoms with Gasteiger partial charge in [-0.15, -0.1) is 0 Å². The quantitative estimate of drug-likeness (QED) is 0.264. The van der Waals surface area contributed by atoms with Crippen LogP contribution in [0.15, 0.2) is 27.8 Å². The molecular weight excluding hydrogens is 448 g/mol. The Morgan fingerprint density at radius 3 is 2.41 bits per heavy atom. The van der Waals surface area contributed by atoms with E-state index in [-0.39, 0.29) is 33.5 Å². The first-order valence-electron chi connectivity index (χ1n) is 10.4. The Bertz CT molecular complexity index is 1610. The molecule has 4 unspecified atom stereocenters. The molecular formula is C23H20N2O9. The zero-order valence-electron chi connectivity index (χ0n) is 18.4. The van der Waals surface area contributed by atoms with Gasteiger partial charge in [0.2, 0.25) is 5.43 Å². The summed E-state index contributed by atoms with van der Waals surface area (Å²) in [6.45, 7) is 3.66. The predicted molar refractivity (Wildman–Crippen MR) is 113 cm³/mol. The number of aromatic hydroxyl groups is 1. The van der Waals surface area contributed by atoms with E-state index >= 15 is 0 Å². The SMILES string of the molecule is CCC(=O)OC1c2c(c3c(=O)c4cccc(O)c4c(=O)c=3c2=[N+]=[N-])C(O)C(OC(C)=O)C1(C)O.